The van der Waals surface area contributed by atoms with Crippen LogP contribution in [-0.4, -0.2) is 76.4 Å². The summed E-state index contributed by atoms with van der Waals surface area (Å²) >= 11 is 0. The Morgan fingerprint density at radius 3 is 2.47 bits per heavy atom. The number of aromatic nitrogens is 3. The summed E-state index contributed by atoms with van der Waals surface area (Å²) in [6.45, 7) is 4.46. The smallest absolute Gasteiger partial charge is 0.276 e. The van der Waals surface area contributed by atoms with Crippen molar-refractivity contribution in [3.8, 4) is 0 Å². The standard InChI is InChI=1S/C22H34N6O2/c1-26-4-2-5-27(8-7-26)20(29)19-15-28(25-24-19)6-3-23-21(30)22-12-16-9-17(13-22)11-18(10-16)14-22/h15-18H,2-14H2,1H3,(H,23,30). The number of rotatable bonds is 5. The normalized spacial score (nSPS) is 33.5. The maximum atomic E-state index is 13.0. The molecule has 0 aromatic carbocycles. The molecule has 0 spiro atoms. The minimum absolute atomic E-state index is 0.0471. The molecular formula is C22H34N6O2. The molecule has 8 nitrogen and oxygen atoms in total. The van der Waals surface area contributed by atoms with E-state index < -0.39 is 0 Å². The first kappa shape index (κ1) is 20.0. The number of amides is 2. The molecule has 0 unspecified atom stereocenters. The first-order valence-corrected chi connectivity index (χ1v) is 11.7. The summed E-state index contributed by atoms with van der Waals surface area (Å²) in [7, 11) is 2.09. The van der Waals surface area contributed by atoms with Gasteiger partial charge in [0.05, 0.1) is 12.7 Å². The lowest BCUT2D eigenvalue weighted by atomic mass is 9.49. The molecule has 1 saturated heterocycles. The van der Waals surface area contributed by atoms with Gasteiger partial charge in [0.1, 0.15) is 0 Å². The highest BCUT2D eigenvalue weighted by atomic mass is 16.2. The van der Waals surface area contributed by atoms with Crippen molar-refractivity contribution in [1.29, 1.82) is 0 Å². The topological polar surface area (TPSA) is 83.4 Å². The summed E-state index contributed by atoms with van der Waals surface area (Å²) in [4.78, 5) is 29.9. The molecule has 30 heavy (non-hydrogen) atoms. The van der Waals surface area contributed by atoms with Crippen molar-refractivity contribution in [2.75, 3.05) is 39.8 Å². The zero-order valence-corrected chi connectivity index (χ0v) is 18.1. The largest absolute Gasteiger partial charge is 0.354 e. The molecule has 2 amide bonds. The molecule has 0 atom stereocenters. The summed E-state index contributed by atoms with van der Waals surface area (Å²) in [5.41, 5.74) is 0.282. The van der Waals surface area contributed by atoms with E-state index in [0.717, 1.165) is 69.6 Å². The maximum absolute atomic E-state index is 13.0. The number of carbonyl (C=O) groups is 2. The van der Waals surface area contributed by atoms with E-state index in [0.29, 0.717) is 18.8 Å². The van der Waals surface area contributed by atoms with Gasteiger partial charge in [-0.05, 0) is 76.3 Å². The quantitative estimate of drug-likeness (QED) is 0.787. The average molecular weight is 415 g/mol. The number of nitrogens with one attached hydrogen (secondary N) is 1. The molecule has 5 fully saturated rings. The fourth-order valence-corrected chi connectivity index (χ4v) is 6.78. The second-order valence-corrected chi connectivity index (χ2v) is 10.3. The van der Waals surface area contributed by atoms with Crippen molar-refractivity contribution in [2.24, 2.45) is 23.2 Å². The van der Waals surface area contributed by atoms with Crippen LogP contribution in [-0.2, 0) is 11.3 Å². The average Bonchev–Trinajstić information content (AvgIpc) is 3.07. The number of carbonyl (C=O) groups excluding carboxylic acids is 2. The molecule has 5 aliphatic rings. The molecule has 2 heterocycles. The van der Waals surface area contributed by atoms with E-state index in [-0.39, 0.29) is 17.2 Å². The Kier molecular flexibility index (Phi) is 5.29. The predicted molar refractivity (Wildman–Crippen MR) is 112 cm³/mol. The Hall–Kier alpha value is -1.96. The van der Waals surface area contributed by atoms with Gasteiger partial charge in [0.2, 0.25) is 5.91 Å². The minimum Gasteiger partial charge on any atom is -0.354 e. The lowest BCUT2D eigenvalue weighted by Gasteiger charge is -2.55. The van der Waals surface area contributed by atoms with Gasteiger partial charge in [0.25, 0.3) is 5.91 Å². The summed E-state index contributed by atoms with van der Waals surface area (Å²) in [5.74, 6) is 2.50. The van der Waals surface area contributed by atoms with Crippen molar-refractivity contribution in [3.63, 3.8) is 0 Å². The third kappa shape index (κ3) is 3.86. The van der Waals surface area contributed by atoms with E-state index in [9.17, 15) is 9.59 Å². The SMILES string of the molecule is CN1CCCN(C(=O)c2cn(CCNC(=O)C34CC5CC(CC(C5)C3)C4)nn2)CC1. The van der Waals surface area contributed by atoms with Gasteiger partial charge < -0.3 is 15.1 Å². The van der Waals surface area contributed by atoms with Crippen LogP contribution in [0.5, 0.6) is 0 Å². The van der Waals surface area contributed by atoms with E-state index in [2.05, 4.69) is 27.6 Å². The van der Waals surface area contributed by atoms with Gasteiger partial charge in [-0.1, -0.05) is 5.21 Å². The molecule has 164 valence electrons. The van der Waals surface area contributed by atoms with Gasteiger partial charge >= 0.3 is 0 Å². The molecule has 4 saturated carbocycles. The molecule has 1 N–H and O–H groups in total. The van der Waals surface area contributed by atoms with Crippen LogP contribution in [0.4, 0.5) is 0 Å². The van der Waals surface area contributed by atoms with E-state index in [1.54, 1.807) is 10.9 Å². The highest BCUT2D eigenvalue weighted by molar-refractivity contribution is 5.92. The number of hydrogen-bond acceptors (Lipinski definition) is 5. The van der Waals surface area contributed by atoms with E-state index in [1.165, 1.54) is 19.3 Å². The first-order valence-electron chi connectivity index (χ1n) is 11.7. The van der Waals surface area contributed by atoms with E-state index in [4.69, 9.17) is 0 Å². The third-order valence-electron chi connectivity index (χ3n) is 7.91. The Labute approximate surface area is 178 Å². The maximum Gasteiger partial charge on any atom is 0.276 e. The van der Waals surface area contributed by atoms with E-state index in [1.807, 2.05) is 4.90 Å². The van der Waals surface area contributed by atoms with Crippen LogP contribution in [0.1, 0.15) is 55.4 Å². The molecule has 6 rings (SSSR count). The second kappa shape index (κ2) is 7.94. The van der Waals surface area contributed by atoms with Crippen LogP contribution in [0.25, 0.3) is 0 Å². The fourth-order valence-electron chi connectivity index (χ4n) is 6.78. The molecule has 8 heteroatoms. The predicted octanol–water partition coefficient (Wildman–Crippen LogP) is 1.39. The van der Waals surface area contributed by atoms with Crippen LogP contribution in [0.3, 0.4) is 0 Å². The molecule has 1 aromatic heterocycles. The van der Waals surface area contributed by atoms with Crippen LogP contribution < -0.4 is 5.32 Å². The van der Waals surface area contributed by atoms with Crippen molar-refractivity contribution in [2.45, 2.75) is 51.5 Å². The molecule has 0 radical (unpaired) electrons. The van der Waals surface area contributed by atoms with Crippen molar-refractivity contribution < 1.29 is 9.59 Å². The van der Waals surface area contributed by atoms with Crippen molar-refractivity contribution in [3.05, 3.63) is 11.9 Å². The van der Waals surface area contributed by atoms with Crippen molar-refractivity contribution >= 4 is 11.8 Å². The monoisotopic (exact) mass is 414 g/mol. The van der Waals surface area contributed by atoms with Gasteiger partial charge in [-0.3, -0.25) is 9.59 Å². The Morgan fingerprint density at radius 1 is 1.07 bits per heavy atom. The lowest BCUT2D eigenvalue weighted by Crippen LogP contribution is -2.53. The van der Waals surface area contributed by atoms with Crippen molar-refractivity contribution in [1.82, 2.24) is 30.1 Å². The Bertz CT molecular complexity index is 770. The summed E-state index contributed by atoms with van der Waals surface area (Å²) in [6, 6.07) is 0. The summed E-state index contributed by atoms with van der Waals surface area (Å²) < 4.78 is 1.68. The minimum atomic E-state index is -0.113. The highest BCUT2D eigenvalue weighted by Crippen LogP contribution is 2.60. The van der Waals surface area contributed by atoms with Crippen LogP contribution in [0, 0.1) is 23.2 Å². The molecule has 1 aromatic rings. The number of nitrogens with zero attached hydrogens (tertiary/aromatic N) is 5. The Morgan fingerprint density at radius 2 is 1.77 bits per heavy atom. The van der Waals surface area contributed by atoms with Crippen LogP contribution >= 0.6 is 0 Å². The second-order valence-electron chi connectivity index (χ2n) is 10.3. The van der Waals surface area contributed by atoms with Gasteiger partial charge in [0, 0.05) is 31.6 Å². The van der Waals surface area contributed by atoms with Gasteiger partial charge in [-0.15, -0.1) is 5.10 Å². The highest BCUT2D eigenvalue weighted by Gasteiger charge is 2.54. The fraction of sp³-hybridized carbons (Fsp3) is 0.818. The third-order valence-corrected chi connectivity index (χ3v) is 7.91. The van der Waals surface area contributed by atoms with E-state index >= 15 is 0 Å². The zero-order chi connectivity index (χ0) is 20.7. The number of likely N-dealkylation sites (N-methyl/N-ethyl adjacent to an activating group) is 1. The first-order chi connectivity index (χ1) is 14.5. The molecular weight excluding hydrogens is 380 g/mol. The van der Waals surface area contributed by atoms with Gasteiger partial charge in [-0.2, -0.15) is 0 Å². The molecule has 4 aliphatic carbocycles. The van der Waals surface area contributed by atoms with Crippen LogP contribution in [0.2, 0.25) is 0 Å². The van der Waals surface area contributed by atoms with Gasteiger partial charge in [-0.25, -0.2) is 4.68 Å². The Balaban J connectivity index is 1.13. The van der Waals surface area contributed by atoms with Gasteiger partial charge in [0.15, 0.2) is 5.69 Å². The number of hydrogen-bond donors (Lipinski definition) is 1. The molecule has 4 bridgehead atoms. The molecule has 1 aliphatic heterocycles. The lowest BCUT2D eigenvalue weighted by molar-refractivity contribution is -0.146. The van der Waals surface area contributed by atoms with Crippen LogP contribution in [0.15, 0.2) is 6.20 Å². The summed E-state index contributed by atoms with van der Waals surface area (Å²) in [6.07, 6.45) is 9.97. The summed E-state index contributed by atoms with van der Waals surface area (Å²) in [5, 5.41) is 11.4. The zero-order valence-electron chi connectivity index (χ0n) is 18.1.